The van der Waals surface area contributed by atoms with Crippen molar-refractivity contribution in [3.05, 3.63) is 11.6 Å². The summed E-state index contributed by atoms with van der Waals surface area (Å²) in [4.78, 5) is 0. The van der Waals surface area contributed by atoms with Crippen LogP contribution in [0.3, 0.4) is 0 Å². The zero-order valence-electron chi connectivity index (χ0n) is 8.01. The molecule has 3 heteroatoms. The third kappa shape index (κ3) is 3.09. The predicted octanol–water partition coefficient (Wildman–Crippen LogP) is 2.00. The minimum Gasteiger partial charge on any atom is -0.400 e. The number of rotatable bonds is 4. The van der Waals surface area contributed by atoms with E-state index < -0.39 is 9.28 Å². The molecule has 0 aliphatic heterocycles. The predicted molar refractivity (Wildman–Crippen MR) is 52.5 cm³/mol. The molecule has 1 aliphatic carbocycles. The van der Waals surface area contributed by atoms with Crippen LogP contribution in [0.5, 0.6) is 0 Å². The Balaban J connectivity index is 2.32. The fraction of sp³-hybridized carbons (Fsp3) is 0.778. The van der Waals surface area contributed by atoms with E-state index in [1.807, 2.05) is 0 Å². The third-order valence-electron chi connectivity index (χ3n) is 2.34. The van der Waals surface area contributed by atoms with Crippen molar-refractivity contribution in [2.45, 2.75) is 31.7 Å². The van der Waals surface area contributed by atoms with Crippen LogP contribution in [0.15, 0.2) is 11.6 Å². The second-order valence-corrected chi connectivity index (χ2v) is 5.42. The van der Waals surface area contributed by atoms with E-state index in [1.165, 1.54) is 25.7 Å². The van der Waals surface area contributed by atoms with Gasteiger partial charge in [-0.3, -0.25) is 0 Å². The monoisotopic (exact) mass is 186 g/mol. The van der Waals surface area contributed by atoms with Gasteiger partial charge in [-0.25, -0.2) is 0 Å². The molecule has 0 aromatic rings. The van der Waals surface area contributed by atoms with Crippen LogP contribution in [-0.4, -0.2) is 23.5 Å². The summed E-state index contributed by atoms with van der Waals surface area (Å²) in [5.41, 5.74) is 1.56. The van der Waals surface area contributed by atoms with Crippen LogP contribution in [0, 0.1) is 0 Å². The average molecular weight is 186 g/mol. The van der Waals surface area contributed by atoms with Crippen LogP contribution in [0.2, 0.25) is 6.04 Å². The van der Waals surface area contributed by atoms with Gasteiger partial charge in [0.1, 0.15) is 0 Å². The Bertz CT molecular complexity index is 153. The van der Waals surface area contributed by atoms with Crippen LogP contribution in [0.25, 0.3) is 0 Å². The van der Waals surface area contributed by atoms with Crippen molar-refractivity contribution in [2.75, 3.05) is 14.2 Å². The highest BCUT2D eigenvalue weighted by molar-refractivity contribution is 6.45. The highest BCUT2D eigenvalue weighted by atomic mass is 28.3. The molecule has 0 fully saturated rings. The Morgan fingerprint density at radius 3 is 2.58 bits per heavy atom. The number of hydrogen-bond acceptors (Lipinski definition) is 2. The van der Waals surface area contributed by atoms with E-state index >= 15 is 0 Å². The quantitative estimate of drug-likeness (QED) is 0.494. The van der Waals surface area contributed by atoms with Crippen molar-refractivity contribution in [3.63, 3.8) is 0 Å². The molecule has 1 aliphatic rings. The fourth-order valence-electron chi connectivity index (χ4n) is 1.57. The molecular formula is C9H18O2Si. The number of allylic oxidation sites excluding steroid dienone is 2. The van der Waals surface area contributed by atoms with Crippen molar-refractivity contribution < 1.29 is 8.85 Å². The first kappa shape index (κ1) is 9.96. The largest absolute Gasteiger partial charge is 0.400 e. The van der Waals surface area contributed by atoms with Gasteiger partial charge >= 0.3 is 9.28 Å². The van der Waals surface area contributed by atoms with Gasteiger partial charge in [0.25, 0.3) is 0 Å². The molecule has 0 aromatic carbocycles. The summed E-state index contributed by atoms with van der Waals surface area (Å²) in [6.45, 7) is 0. The van der Waals surface area contributed by atoms with Crippen LogP contribution >= 0.6 is 0 Å². The minimum absolute atomic E-state index is 1.08. The van der Waals surface area contributed by atoms with Gasteiger partial charge in [-0.2, -0.15) is 0 Å². The number of hydrogen-bond donors (Lipinski definition) is 0. The second-order valence-electron chi connectivity index (χ2n) is 3.21. The highest BCUT2D eigenvalue weighted by Crippen LogP contribution is 2.21. The van der Waals surface area contributed by atoms with Crippen molar-refractivity contribution in [2.24, 2.45) is 0 Å². The minimum atomic E-state index is -1.33. The Kier molecular flexibility index (Phi) is 4.57. The lowest BCUT2D eigenvalue weighted by molar-refractivity contribution is 0.279. The van der Waals surface area contributed by atoms with E-state index in [9.17, 15) is 0 Å². The summed E-state index contributed by atoms with van der Waals surface area (Å²) in [6.07, 6.45) is 7.58. The van der Waals surface area contributed by atoms with Crippen LogP contribution < -0.4 is 0 Å². The third-order valence-corrected chi connectivity index (χ3v) is 4.25. The van der Waals surface area contributed by atoms with E-state index in [-0.39, 0.29) is 0 Å². The zero-order valence-corrected chi connectivity index (χ0v) is 9.16. The van der Waals surface area contributed by atoms with Crippen molar-refractivity contribution in [1.29, 1.82) is 0 Å². The molecule has 0 N–H and O–H groups in total. The lowest BCUT2D eigenvalue weighted by Crippen LogP contribution is -2.19. The summed E-state index contributed by atoms with van der Waals surface area (Å²) < 4.78 is 10.6. The van der Waals surface area contributed by atoms with Gasteiger partial charge in [0.2, 0.25) is 0 Å². The van der Waals surface area contributed by atoms with Gasteiger partial charge in [0, 0.05) is 20.3 Å². The summed E-state index contributed by atoms with van der Waals surface area (Å²) in [6, 6.07) is 1.08. The molecule has 0 atom stereocenters. The molecule has 12 heavy (non-hydrogen) atoms. The maximum atomic E-state index is 5.28. The molecule has 0 bridgehead atoms. The Hall–Kier alpha value is -0.123. The second kappa shape index (κ2) is 5.51. The van der Waals surface area contributed by atoms with E-state index in [0.717, 1.165) is 6.04 Å². The molecule has 70 valence electrons. The molecule has 2 nitrogen and oxygen atoms in total. The van der Waals surface area contributed by atoms with Gasteiger partial charge in [-0.1, -0.05) is 11.6 Å². The standard InChI is InChI=1S/C9H18O2Si/c1-10-12(11-2)8-9-6-4-3-5-7-9/h6,12H,3-5,7-8H2,1-2H3. The molecule has 0 saturated carbocycles. The van der Waals surface area contributed by atoms with Crippen molar-refractivity contribution >= 4 is 9.28 Å². The fourth-order valence-corrected chi connectivity index (χ4v) is 2.89. The smallest absolute Gasteiger partial charge is 0.325 e. The molecule has 1 rings (SSSR count). The van der Waals surface area contributed by atoms with E-state index in [4.69, 9.17) is 8.85 Å². The first-order chi connectivity index (χ1) is 5.86. The van der Waals surface area contributed by atoms with Crippen molar-refractivity contribution in [3.8, 4) is 0 Å². The Morgan fingerprint density at radius 1 is 1.33 bits per heavy atom. The summed E-state index contributed by atoms with van der Waals surface area (Å²) >= 11 is 0. The van der Waals surface area contributed by atoms with E-state index in [1.54, 1.807) is 19.8 Å². The van der Waals surface area contributed by atoms with Gasteiger partial charge in [0.15, 0.2) is 0 Å². The normalized spacial score (nSPS) is 18.1. The molecule has 0 spiro atoms. The van der Waals surface area contributed by atoms with Crippen molar-refractivity contribution in [1.82, 2.24) is 0 Å². The molecule has 0 aromatic heterocycles. The Labute approximate surface area is 76.4 Å². The maximum absolute atomic E-state index is 5.28. The lowest BCUT2D eigenvalue weighted by Gasteiger charge is -2.16. The molecule has 0 saturated heterocycles. The van der Waals surface area contributed by atoms with Crippen LogP contribution in [0.1, 0.15) is 25.7 Å². The highest BCUT2D eigenvalue weighted by Gasteiger charge is 2.13. The molecule has 0 heterocycles. The summed E-state index contributed by atoms with van der Waals surface area (Å²) in [7, 11) is 2.17. The SMILES string of the molecule is CO[SiH](CC1=CCCCC1)OC. The topological polar surface area (TPSA) is 18.5 Å². The van der Waals surface area contributed by atoms with Gasteiger partial charge < -0.3 is 8.85 Å². The Morgan fingerprint density at radius 2 is 2.08 bits per heavy atom. The zero-order chi connectivity index (χ0) is 8.81. The first-order valence-corrected chi connectivity index (χ1v) is 6.36. The first-order valence-electron chi connectivity index (χ1n) is 4.60. The summed E-state index contributed by atoms with van der Waals surface area (Å²) in [5, 5.41) is 0. The van der Waals surface area contributed by atoms with Gasteiger partial charge in [-0.05, 0) is 25.7 Å². The van der Waals surface area contributed by atoms with Crippen LogP contribution in [-0.2, 0) is 8.85 Å². The molecule has 0 unspecified atom stereocenters. The van der Waals surface area contributed by atoms with E-state index in [0.29, 0.717) is 0 Å². The maximum Gasteiger partial charge on any atom is 0.325 e. The molecular weight excluding hydrogens is 168 g/mol. The van der Waals surface area contributed by atoms with Gasteiger partial charge in [0.05, 0.1) is 0 Å². The van der Waals surface area contributed by atoms with Gasteiger partial charge in [-0.15, -0.1) is 0 Å². The molecule has 0 amide bonds. The molecule has 0 radical (unpaired) electrons. The average Bonchev–Trinajstić information content (AvgIpc) is 2.16. The summed E-state index contributed by atoms with van der Waals surface area (Å²) in [5.74, 6) is 0. The van der Waals surface area contributed by atoms with Crippen LogP contribution in [0.4, 0.5) is 0 Å². The van der Waals surface area contributed by atoms with E-state index in [2.05, 4.69) is 6.08 Å². The lowest BCUT2D eigenvalue weighted by atomic mass is 10.0.